The second kappa shape index (κ2) is 10.5. The van der Waals surface area contributed by atoms with Gasteiger partial charge in [0.15, 0.2) is 22.1 Å². The first-order valence-corrected chi connectivity index (χ1v) is 14.7. The number of nitrogens with zero attached hydrogens (tertiary/aromatic N) is 4. The summed E-state index contributed by atoms with van der Waals surface area (Å²) in [5.74, 6) is 0. The molecule has 2 aliphatic carbocycles. The monoisotopic (exact) mass is 548 g/mol. The Hall–Kier alpha value is -4.88. The van der Waals surface area contributed by atoms with Crippen molar-refractivity contribution in [3.8, 4) is 0 Å². The van der Waals surface area contributed by atoms with Gasteiger partial charge >= 0.3 is 0 Å². The molecule has 0 fully saturated rings. The number of rotatable bonds is 8. The number of para-hydroxylation sites is 4. The zero-order valence-electron chi connectivity index (χ0n) is 24.9. The number of hydrogen-bond donors (Lipinski definition) is 0. The fourth-order valence-corrected chi connectivity index (χ4v) is 6.57. The summed E-state index contributed by atoms with van der Waals surface area (Å²) in [6.45, 7) is 12.6. The Morgan fingerprint density at radius 1 is 0.571 bits per heavy atom. The lowest BCUT2D eigenvalue weighted by Gasteiger charge is -2.19. The van der Waals surface area contributed by atoms with Gasteiger partial charge in [0.05, 0.1) is 0 Å². The van der Waals surface area contributed by atoms with Crippen molar-refractivity contribution < 1.29 is 9.13 Å². The van der Waals surface area contributed by atoms with Crippen LogP contribution in [-0.2, 0) is 26.2 Å². The molecule has 0 unspecified atom stereocenters. The van der Waals surface area contributed by atoms with Crippen LogP contribution in [0, 0.1) is 27.7 Å². The molecular weight excluding hydrogens is 512 g/mol. The zero-order chi connectivity index (χ0) is 28.8. The second-order valence-corrected chi connectivity index (χ2v) is 11.6. The van der Waals surface area contributed by atoms with E-state index in [2.05, 4.69) is 143 Å². The molecule has 4 nitrogen and oxygen atoms in total. The molecule has 4 heteroatoms. The molecule has 0 atom stereocenters. The van der Waals surface area contributed by atoms with Crippen LogP contribution < -0.4 is 9.13 Å². The molecule has 3 aromatic carbocycles. The Bertz CT molecular complexity index is 1910. The first kappa shape index (κ1) is 26.0. The molecule has 2 heterocycles. The highest BCUT2D eigenvalue weighted by atomic mass is 15.1. The zero-order valence-corrected chi connectivity index (χ0v) is 24.9. The van der Waals surface area contributed by atoms with Gasteiger partial charge in [-0.2, -0.15) is 0 Å². The fraction of sp³-hybridized carbons (Fsp3) is 0.211. The Morgan fingerprint density at radius 3 is 1.36 bits per heavy atom. The van der Waals surface area contributed by atoms with E-state index in [9.17, 15) is 0 Å². The maximum absolute atomic E-state index is 3.36. The average molecular weight is 549 g/mol. The molecule has 0 bridgehead atoms. The minimum Gasteiger partial charge on any atom is -0.226 e. The van der Waals surface area contributed by atoms with Crippen molar-refractivity contribution in [3.63, 3.8) is 0 Å². The molecule has 206 valence electrons. The Morgan fingerprint density at radius 2 is 0.976 bits per heavy atom. The van der Waals surface area contributed by atoms with Gasteiger partial charge < -0.3 is 0 Å². The maximum atomic E-state index is 3.36. The van der Waals surface area contributed by atoms with Gasteiger partial charge in [-0.05, 0) is 110 Å². The van der Waals surface area contributed by atoms with E-state index < -0.39 is 0 Å². The van der Waals surface area contributed by atoms with Gasteiger partial charge in [-0.1, -0.05) is 36.4 Å². The van der Waals surface area contributed by atoms with Crippen molar-refractivity contribution in [2.75, 3.05) is 0 Å². The van der Waals surface area contributed by atoms with E-state index in [1.165, 1.54) is 66.6 Å². The van der Waals surface area contributed by atoms with E-state index in [-0.39, 0.29) is 0 Å². The number of benzene rings is 3. The van der Waals surface area contributed by atoms with Crippen LogP contribution in [0.3, 0.4) is 0 Å². The average Bonchev–Trinajstić information content (AvgIpc) is 3.82. The van der Waals surface area contributed by atoms with Crippen molar-refractivity contribution in [2.45, 2.75) is 53.9 Å². The fourth-order valence-electron chi connectivity index (χ4n) is 6.57. The van der Waals surface area contributed by atoms with Gasteiger partial charge in [0.2, 0.25) is 12.7 Å². The minimum absolute atomic E-state index is 0.824. The molecule has 7 rings (SSSR count). The Labute approximate surface area is 247 Å². The van der Waals surface area contributed by atoms with Crippen LogP contribution in [0.15, 0.2) is 120 Å². The summed E-state index contributed by atoms with van der Waals surface area (Å²) in [5.41, 5.74) is 22.5. The summed E-state index contributed by atoms with van der Waals surface area (Å²) in [7, 11) is 0. The van der Waals surface area contributed by atoms with Gasteiger partial charge in [-0.25, -0.2) is 18.3 Å². The number of fused-ring (bicyclic) bond motifs is 2. The van der Waals surface area contributed by atoms with Gasteiger partial charge in [-0.3, -0.25) is 0 Å². The van der Waals surface area contributed by atoms with Crippen LogP contribution in [0.25, 0.3) is 22.1 Å². The van der Waals surface area contributed by atoms with E-state index in [1.54, 1.807) is 0 Å². The van der Waals surface area contributed by atoms with Crippen molar-refractivity contribution >= 4 is 22.1 Å². The molecule has 2 aliphatic rings. The third-order valence-electron chi connectivity index (χ3n) is 9.16. The quantitative estimate of drug-likeness (QED) is 0.150. The number of aromatic nitrogens is 4. The number of allylic oxidation sites excluding steroid dienone is 6. The predicted octanol–water partition coefficient (Wildman–Crippen LogP) is 6.80. The smallest absolute Gasteiger partial charge is 0.226 e. The van der Waals surface area contributed by atoms with Crippen molar-refractivity contribution in [2.24, 2.45) is 0 Å². The van der Waals surface area contributed by atoms with Gasteiger partial charge in [-0.15, -0.1) is 11.5 Å². The summed E-state index contributed by atoms with van der Waals surface area (Å²) in [4.78, 5) is 0. The van der Waals surface area contributed by atoms with Gasteiger partial charge in [0, 0.05) is 11.1 Å². The third kappa shape index (κ3) is 4.52. The summed E-state index contributed by atoms with van der Waals surface area (Å²) in [6, 6.07) is 17.4. The molecule has 42 heavy (non-hydrogen) atoms. The number of hydrogen-bond acceptors (Lipinski definition) is 0. The lowest BCUT2D eigenvalue weighted by Crippen LogP contribution is -2.32. The van der Waals surface area contributed by atoms with Crippen LogP contribution in [0.1, 0.15) is 33.4 Å². The normalized spacial score (nSPS) is 13.7. The molecule has 0 amide bonds. The third-order valence-corrected chi connectivity index (χ3v) is 9.16. The summed E-state index contributed by atoms with van der Waals surface area (Å²) >= 11 is 0. The topological polar surface area (TPSA) is 17.6 Å². The second-order valence-electron chi connectivity index (χ2n) is 11.6. The van der Waals surface area contributed by atoms with E-state index in [4.69, 9.17) is 0 Å². The first-order chi connectivity index (χ1) is 20.5. The summed E-state index contributed by atoms with van der Waals surface area (Å²) in [5, 5.41) is 0. The SMILES string of the molecule is Cc1c(C)c(Cn2c[n+](CC3=C=CC=C3)c3ccccc32)c(C)c(C)c1Cn1c[n+](CC2=C=CC=C2)c2ccccc21. The Kier molecular flexibility index (Phi) is 6.52. The highest BCUT2D eigenvalue weighted by Crippen LogP contribution is 2.30. The van der Waals surface area contributed by atoms with Crippen LogP contribution in [-0.4, -0.2) is 9.13 Å². The predicted molar refractivity (Wildman–Crippen MR) is 169 cm³/mol. The largest absolute Gasteiger partial charge is 0.245 e. The van der Waals surface area contributed by atoms with Crippen LogP contribution in [0.2, 0.25) is 0 Å². The van der Waals surface area contributed by atoms with Crippen LogP contribution >= 0.6 is 0 Å². The van der Waals surface area contributed by atoms with Gasteiger partial charge in [0.25, 0.3) is 0 Å². The molecule has 5 aromatic rings. The minimum atomic E-state index is 0.824. The molecule has 0 N–H and O–H groups in total. The van der Waals surface area contributed by atoms with E-state index >= 15 is 0 Å². The van der Waals surface area contributed by atoms with Crippen molar-refractivity contribution in [1.82, 2.24) is 9.13 Å². The van der Waals surface area contributed by atoms with Crippen molar-refractivity contribution in [3.05, 3.63) is 154 Å². The maximum Gasteiger partial charge on any atom is 0.245 e. The lowest BCUT2D eigenvalue weighted by molar-refractivity contribution is -0.663. The highest BCUT2D eigenvalue weighted by molar-refractivity contribution is 5.73. The van der Waals surface area contributed by atoms with Crippen LogP contribution in [0.4, 0.5) is 0 Å². The highest BCUT2D eigenvalue weighted by Gasteiger charge is 2.23. The van der Waals surface area contributed by atoms with E-state index in [1.807, 2.05) is 12.2 Å². The molecule has 2 aromatic heterocycles. The number of imidazole rings is 2. The van der Waals surface area contributed by atoms with E-state index in [0.29, 0.717) is 0 Å². The molecule has 0 spiro atoms. The first-order valence-electron chi connectivity index (χ1n) is 14.7. The summed E-state index contributed by atoms with van der Waals surface area (Å²) < 4.78 is 9.52. The van der Waals surface area contributed by atoms with Crippen LogP contribution in [0.5, 0.6) is 0 Å². The summed E-state index contributed by atoms with van der Waals surface area (Å²) in [6.07, 6.45) is 17.0. The lowest BCUT2D eigenvalue weighted by atomic mass is 9.88. The standard InChI is InChI=1S/C38H36N4/c1-27-28(2)34(24-42-26-40(22-32-15-7-8-16-32)36-18-10-12-20-38(36)42)30(4)29(3)33(27)23-41-25-39(21-31-13-5-6-14-31)35-17-9-11-19-37(35)41/h5-13,15,17-20,25-26H,21-24H2,1-4H3/q+2. The Balaban J connectivity index is 1.25. The van der Waals surface area contributed by atoms with Crippen molar-refractivity contribution in [1.29, 1.82) is 0 Å². The molecule has 0 saturated carbocycles. The molecule has 0 saturated heterocycles. The molecule has 0 aliphatic heterocycles. The van der Waals surface area contributed by atoms with E-state index in [0.717, 1.165) is 26.2 Å². The molecular formula is C38H36N4+2. The molecule has 0 radical (unpaired) electrons. The van der Waals surface area contributed by atoms with Gasteiger partial charge in [0.1, 0.15) is 26.2 Å².